The van der Waals surface area contributed by atoms with Gasteiger partial charge in [-0.1, -0.05) is 12.1 Å². The van der Waals surface area contributed by atoms with Gasteiger partial charge in [-0.25, -0.2) is 0 Å². The van der Waals surface area contributed by atoms with Crippen molar-refractivity contribution in [3.8, 4) is 11.3 Å². The summed E-state index contributed by atoms with van der Waals surface area (Å²) in [7, 11) is 1.82. The van der Waals surface area contributed by atoms with Gasteiger partial charge >= 0.3 is 0 Å². The van der Waals surface area contributed by atoms with Gasteiger partial charge in [0.25, 0.3) is 0 Å². The smallest absolute Gasteiger partial charge is 0.121 e. The van der Waals surface area contributed by atoms with Crippen LogP contribution in [0.25, 0.3) is 11.3 Å². The van der Waals surface area contributed by atoms with Gasteiger partial charge in [-0.05, 0) is 12.1 Å². The predicted octanol–water partition coefficient (Wildman–Crippen LogP) is 2.10. The Morgan fingerprint density at radius 1 is 1.06 bits per heavy atom. The molecule has 1 aromatic heterocycles. The second kappa shape index (κ2) is 5.63. The zero-order valence-corrected chi connectivity index (χ0v) is 10.4. The van der Waals surface area contributed by atoms with Gasteiger partial charge in [0.05, 0.1) is 5.69 Å². The highest BCUT2D eigenvalue weighted by Crippen LogP contribution is 2.20. The van der Waals surface area contributed by atoms with Crippen LogP contribution in [0.1, 0.15) is 0 Å². The molecule has 2 aromatic rings. The molecule has 88 valence electrons. The Bertz CT molecular complexity index is 431. The standard InChI is InChI=1S/C10H12N4.2ClH/c1-14-10(12)6-9(13-14)7-2-4-8(11)5-3-7;;/h2-6H,11-12H2,1H3;2*1H. The highest BCUT2D eigenvalue weighted by Gasteiger charge is 2.03. The molecule has 0 bridgehead atoms. The number of anilines is 2. The first-order valence-corrected chi connectivity index (χ1v) is 4.32. The van der Waals surface area contributed by atoms with Crippen LogP contribution in [0.4, 0.5) is 11.5 Å². The second-order valence-electron chi connectivity index (χ2n) is 3.20. The first-order valence-electron chi connectivity index (χ1n) is 4.32. The molecule has 1 heterocycles. The summed E-state index contributed by atoms with van der Waals surface area (Å²) < 4.78 is 1.64. The van der Waals surface area contributed by atoms with Crippen molar-refractivity contribution in [2.45, 2.75) is 0 Å². The predicted molar refractivity (Wildman–Crippen MR) is 72.0 cm³/mol. The molecular weight excluding hydrogens is 247 g/mol. The maximum atomic E-state index is 5.68. The highest BCUT2D eigenvalue weighted by atomic mass is 35.5. The van der Waals surface area contributed by atoms with Gasteiger partial charge < -0.3 is 11.5 Å². The molecule has 0 unspecified atom stereocenters. The number of hydrogen-bond donors (Lipinski definition) is 2. The number of nitrogen functional groups attached to an aromatic ring is 2. The first kappa shape index (κ1) is 14.6. The van der Waals surface area contributed by atoms with Gasteiger partial charge in [-0.3, -0.25) is 4.68 Å². The molecular formula is C10H14Cl2N4. The van der Waals surface area contributed by atoms with Gasteiger partial charge in [-0.15, -0.1) is 24.8 Å². The van der Waals surface area contributed by atoms with Crippen LogP contribution in [0, 0.1) is 0 Å². The van der Waals surface area contributed by atoms with Crippen molar-refractivity contribution in [1.82, 2.24) is 9.78 Å². The van der Waals surface area contributed by atoms with E-state index in [9.17, 15) is 0 Å². The fraction of sp³-hybridized carbons (Fsp3) is 0.100. The van der Waals surface area contributed by atoms with Crippen LogP contribution in [0.2, 0.25) is 0 Å². The number of aryl methyl sites for hydroxylation is 1. The number of benzene rings is 1. The number of aromatic nitrogens is 2. The van der Waals surface area contributed by atoms with E-state index in [0.717, 1.165) is 16.9 Å². The lowest BCUT2D eigenvalue weighted by Crippen LogP contribution is -1.96. The van der Waals surface area contributed by atoms with Crippen LogP contribution >= 0.6 is 24.8 Å². The van der Waals surface area contributed by atoms with E-state index < -0.39 is 0 Å². The summed E-state index contributed by atoms with van der Waals surface area (Å²) in [5, 5.41) is 4.26. The summed E-state index contributed by atoms with van der Waals surface area (Å²) in [4.78, 5) is 0. The number of rotatable bonds is 1. The summed E-state index contributed by atoms with van der Waals surface area (Å²) in [5.74, 6) is 0.650. The largest absolute Gasteiger partial charge is 0.399 e. The van der Waals surface area contributed by atoms with E-state index in [0.29, 0.717) is 5.82 Å². The van der Waals surface area contributed by atoms with Crippen molar-refractivity contribution in [2.75, 3.05) is 11.5 Å². The van der Waals surface area contributed by atoms with E-state index in [2.05, 4.69) is 5.10 Å². The molecule has 4 nitrogen and oxygen atoms in total. The Morgan fingerprint density at radius 2 is 1.62 bits per heavy atom. The molecule has 0 fully saturated rings. The molecule has 0 saturated carbocycles. The average molecular weight is 261 g/mol. The minimum absolute atomic E-state index is 0. The van der Waals surface area contributed by atoms with Crippen LogP contribution in [0.5, 0.6) is 0 Å². The van der Waals surface area contributed by atoms with E-state index in [1.54, 1.807) is 4.68 Å². The number of hydrogen-bond acceptors (Lipinski definition) is 3. The van der Waals surface area contributed by atoms with E-state index >= 15 is 0 Å². The second-order valence-corrected chi connectivity index (χ2v) is 3.20. The third-order valence-electron chi connectivity index (χ3n) is 2.12. The van der Waals surface area contributed by atoms with Crippen molar-refractivity contribution in [2.24, 2.45) is 7.05 Å². The van der Waals surface area contributed by atoms with Crippen LogP contribution < -0.4 is 11.5 Å². The maximum Gasteiger partial charge on any atom is 0.121 e. The fourth-order valence-corrected chi connectivity index (χ4v) is 1.28. The summed E-state index contributed by atoms with van der Waals surface area (Å²) in [6.45, 7) is 0. The van der Waals surface area contributed by atoms with Gasteiger partial charge in [-0.2, -0.15) is 5.10 Å². The molecule has 6 heteroatoms. The molecule has 0 spiro atoms. The number of nitrogens with two attached hydrogens (primary N) is 2. The van der Waals surface area contributed by atoms with Gasteiger partial charge in [0.1, 0.15) is 5.82 Å². The van der Waals surface area contributed by atoms with Crippen LogP contribution in [0.15, 0.2) is 30.3 Å². The molecule has 4 N–H and O–H groups in total. The molecule has 0 saturated heterocycles. The zero-order chi connectivity index (χ0) is 10.1. The molecule has 0 amide bonds. The van der Waals surface area contributed by atoms with Crippen molar-refractivity contribution in [3.63, 3.8) is 0 Å². The van der Waals surface area contributed by atoms with Crippen molar-refractivity contribution >= 4 is 36.3 Å². The molecule has 0 atom stereocenters. The normalized spacial score (nSPS) is 9.06. The summed E-state index contributed by atoms with van der Waals surface area (Å²) in [6, 6.07) is 9.39. The topological polar surface area (TPSA) is 69.9 Å². The van der Waals surface area contributed by atoms with Crippen LogP contribution in [-0.2, 0) is 7.05 Å². The van der Waals surface area contributed by atoms with Crippen molar-refractivity contribution in [3.05, 3.63) is 30.3 Å². The van der Waals surface area contributed by atoms with E-state index in [4.69, 9.17) is 11.5 Å². The third kappa shape index (κ3) is 2.81. The fourth-order valence-electron chi connectivity index (χ4n) is 1.28. The Hall–Kier alpha value is -1.39. The van der Waals surface area contributed by atoms with Crippen LogP contribution in [0.3, 0.4) is 0 Å². The molecule has 16 heavy (non-hydrogen) atoms. The van der Waals surface area contributed by atoms with Gasteiger partial charge in [0.2, 0.25) is 0 Å². The molecule has 0 aliphatic carbocycles. The molecule has 2 rings (SSSR count). The van der Waals surface area contributed by atoms with Gasteiger partial charge in [0, 0.05) is 24.4 Å². The Labute approximate surface area is 106 Å². The zero-order valence-electron chi connectivity index (χ0n) is 8.75. The highest BCUT2D eigenvalue weighted by molar-refractivity contribution is 5.85. The Kier molecular flexibility index (Phi) is 5.14. The Balaban J connectivity index is 0.00000112. The molecule has 1 aromatic carbocycles. The maximum absolute atomic E-state index is 5.68. The molecule has 0 radical (unpaired) electrons. The van der Waals surface area contributed by atoms with E-state index in [-0.39, 0.29) is 24.8 Å². The van der Waals surface area contributed by atoms with E-state index in [1.807, 2.05) is 37.4 Å². The number of nitrogens with zero attached hydrogens (tertiary/aromatic N) is 2. The van der Waals surface area contributed by atoms with Crippen molar-refractivity contribution in [1.29, 1.82) is 0 Å². The summed E-state index contributed by atoms with van der Waals surface area (Å²) >= 11 is 0. The average Bonchev–Trinajstić information content (AvgIpc) is 2.48. The minimum atomic E-state index is 0. The van der Waals surface area contributed by atoms with Gasteiger partial charge in [0.15, 0.2) is 0 Å². The third-order valence-corrected chi connectivity index (χ3v) is 2.12. The minimum Gasteiger partial charge on any atom is -0.399 e. The summed E-state index contributed by atoms with van der Waals surface area (Å²) in [6.07, 6.45) is 0. The summed E-state index contributed by atoms with van der Waals surface area (Å²) in [5.41, 5.74) is 13.9. The lowest BCUT2D eigenvalue weighted by molar-refractivity contribution is 0.782. The lowest BCUT2D eigenvalue weighted by Gasteiger charge is -1.96. The number of halogens is 2. The quantitative estimate of drug-likeness (QED) is 0.772. The van der Waals surface area contributed by atoms with Crippen molar-refractivity contribution < 1.29 is 0 Å². The SMILES string of the molecule is Cl.Cl.Cn1nc(-c2ccc(N)cc2)cc1N. The molecule has 0 aliphatic heterocycles. The Morgan fingerprint density at radius 3 is 2.06 bits per heavy atom. The van der Waals surface area contributed by atoms with E-state index in [1.165, 1.54) is 0 Å². The molecule has 0 aliphatic rings. The monoisotopic (exact) mass is 260 g/mol. The first-order chi connectivity index (χ1) is 6.66. The van der Waals surface area contributed by atoms with Crippen LogP contribution in [-0.4, -0.2) is 9.78 Å². The lowest BCUT2D eigenvalue weighted by atomic mass is 10.1.